The lowest BCUT2D eigenvalue weighted by molar-refractivity contribution is -0.124. The van der Waals surface area contributed by atoms with Gasteiger partial charge in [-0.25, -0.2) is 0 Å². The molecule has 1 fully saturated rings. The third-order valence-corrected chi connectivity index (χ3v) is 4.57. The van der Waals surface area contributed by atoms with Crippen LogP contribution in [0.4, 0.5) is 5.69 Å². The van der Waals surface area contributed by atoms with Crippen LogP contribution < -0.4 is 4.90 Å². The number of benzene rings is 1. The van der Waals surface area contributed by atoms with Crippen molar-refractivity contribution < 1.29 is 19.0 Å². The second-order valence-electron chi connectivity index (χ2n) is 6.14. The van der Waals surface area contributed by atoms with Crippen LogP contribution in [0.2, 0.25) is 0 Å². The molecule has 1 atom stereocenters. The van der Waals surface area contributed by atoms with Crippen LogP contribution in [0.25, 0.3) is 0 Å². The Morgan fingerprint density at radius 1 is 1.36 bits per heavy atom. The second-order valence-corrected chi connectivity index (χ2v) is 7.06. The predicted octanol–water partition coefficient (Wildman–Crippen LogP) is 3.79. The number of nitrogens with zero attached hydrogens (tertiary/aromatic N) is 1. The molecule has 1 aromatic rings. The number of hydrogen-bond donors (Lipinski definition) is 0. The topological polar surface area (TPSA) is 48.0 Å². The fourth-order valence-electron chi connectivity index (χ4n) is 2.68. The lowest BCUT2D eigenvalue weighted by Gasteiger charge is -2.23. The van der Waals surface area contributed by atoms with Crippen molar-refractivity contribution in [2.45, 2.75) is 38.7 Å². The van der Waals surface area contributed by atoms with Gasteiger partial charge in [0, 0.05) is 29.9 Å². The Morgan fingerprint density at radius 3 is 2.96 bits per heavy atom. The molecule has 0 radical (unpaired) electrons. The minimum atomic E-state index is -0.0600. The molecule has 0 bridgehead atoms. The van der Waals surface area contributed by atoms with Crippen LogP contribution >= 0.6 is 15.9 Å². The van der Waals surface area contributed by atoms with Gasteiger partial charge in [0.2, 0.25) is 0 Å². The number of anilines is 1. The van der Waals surface area contributed by atoms with Gasteiger partial charge in [0.25, 0.3) is 5.91 Å². The van der Waals surface area contributed by atoms with Gasteiger partial charge in [0.05, 0.1) is 19.3 Å². The Bertz CT molecular complexity index is 520. The summed E-state index contributed by atoms with van der Waals surface area (Å²) in [4.78, 5) is 14.4. The van der Waals surface area contributed by atoms with E-state index in [1.807, 2.05) is 24.3 Å². The molecular weight excluding hydrogens is 386 g/mol. The van der Waals surface area contributed by atoms with Crippen LogP contribution in [0.5, 0.6) is 0 Å². The molecule has 2 rings (SSSR count). The first-order valence-electron chi connectivity index (χ1n) is 9.03. The highest BCUT2D eigenvalue weighted by atomic mass is 79.9. The number of carbonyl (C=O) groups is 1. The van der Waals surface area contributed by atoms with Crippen molar-refractivity contribution in [3.05, 3.63) is 28.7 Å². The number of hydrogen-bond acceptors (Lipinski definition) is 4. The number of carbonyl (C=O) groups excluding carboxylic acids is 1. The lowest BCUT2D eigenvalue weighted by atomic mass is 10.2. The molecule has 1 aromatic carbocycles. The molecule has 0 unspecified atom stereocenters. The minimum absolute atomic E-state index is 0.0569. The molecule has 0 N–H and O–H groups in total. The van der Waals surface area contributed by atoms with Gasteiger partial charge in [-0.15, -0.1) is 0 Å². The van der Waals surface area contributed by atoms with Crippen LogP contribution in [0.15, 0.2) is 28.7 Å². The van der Waals surface area contributed by atoms with Gasteiger partial charge < -0.3 is 19.1 Å². The third-order valence-electron chi connectivity index (χ3n) is 4.08. The maximum atomic E-state index is 12.6. The summed E-state index contributed by atoms with van der Waals surface area (Å²) in [6.45, 7) is 5.22. The summed E-state index contributed by atoms with van der Waals surface area (Å²) in [5.74, 6) is -0.0600. The summed E-state index contributed by atoms with van der Waals surface area (Å²) >= 11 is 3.46. The van der Waals surface area contributed by atoms with E-state index < -0.39 is 0 Å². The first-order chi connectivity index (χ1) is 12.2. The van der Waals surface area contributed by atoms with E-state index in [0.29, 0.717) is 19.8 Å². The molecule has 0 aromatic heterocycles. The zero-order valence-electron chi connectivity index (χ0n) is 14.9. The minimum Gasteiger partial charge on any atom is -0.380 e. The molecule has 0 spiro atoms. The van der Waals surface area contributed by atoms with E-state index in [1.165, 1.54) is 0 Å². The number of unbranched alkanes of at least 4 members (excludes halogenated alkanes) is 1. The normalized spacial score (nSPS) is 17.0. The van der Waals surface area contributed by atoms with E-state index >= 15 is 0 Å². The smallest absolute Gasteiger partial charge is 0.253 e. The monoisotopic (exact) mass is 413 g/mol. The Labute approximate surface area is 158 Å². The van der Waals surface area contributed by atoms with E-state index in [2.05, 4.69) is 22.9 Å². The third kappa shape index (κ3) is 7.44. The molecule has 1 heterocycles. The van der Waals surface area contributed by atoms with Crippen LogP contribution in [0.1, 0.15) is 32.6 Å². The first-order valence-corrected chi connectivity index (χ1v) is 9.83. The molecule has 1 aliphatic heterocycles. The molecule has 1 amide bonds. The Balaban J connectivity index is 1.86. The number of ether oxygens (including phenoxy) is 3. The zero-order valence-corrected chi connectivity index (χ0v) is 16.5. The van der Waals surface area contributed by atoms with Crippen molar-refractivity contribution in [3.63, 3.8) is 0 Å². The van der Waals surface area contributed by atoms with Crippen molar-refractivity contribution in [3.8, 4) is 0 Å². The largest absolute Gasteiger partial charge is 0.380 e. The van der Waals surface area contributed by atoms with Crippen molar-refractivity contribution in [1.29, 1.82) is 0 Å². The fourth-order valence-corrected chi connectivity index (χ4v) is 3.06. The van der Waals surface area contributed by atoms with E-state index in [0.717, 1.165) is 49.1 Å². The molecule has 140 valence electrons. The summed E-state index contributed by atoms with van der Waals surface area (Å²) in [5, 5.41) is 0. The number of amides is 1. The number of halogens is 1. The molecule has 25 heavy (non-hydrogen) atoms. The van der Waals surface area contributed by atoms with E-state index in [9.17, 15) is 4.79 Å². The van der Waals surface area contributed by atoms with Crippen molar-refractivity contribution in [1.82, 2.24) is 0 Å². The maximum Gasteiger partial charge on any atom is 0.253 e. The van der Waals surface area contributed by atoms with Crippen molar-refractivity contribution in [2.24, 2.45) is 0 Å². The van der Waals surface area contributed by atoms with Gasteiger partial charge in [-0.05, 0) is 37.5 Å². The molecule has 0 saturated carbocycles. The average molecular weight is 414 g/mol. The van der Waals surface area contributed by atoms with Gasteiger partial charge in [-0.2, -0.15) is 0 Å². The number of rotatable bonds is 11. The maximum absolute atomic E-state index is 12.6. The highest BCUT2D eigenvalue weighted by molar-refractivity contribution is 9.10. The quantitative estimate of drug-likeness (QED) is 0.517. The standard InChI is InChI=1S/C19H28BrNO4/c1-2-3-10-23-12-9-21(17-7-4-6-16(20)13-17)19(22)15-24-14-18-8-5-11-25-18/h4,6-7,13,18H,2-3,5,8-12,14-15H2,1H3/t18-/m1/s1. The van der Waals surface area contributed by atoms with Crippen molar-refractivity contribution >= 4 is 27.5 Å². The predicted molar refractivity (Wildman–Crippen MR) is 102 cm³/mol. The van der Waals surface area contributed by atoms with Crippen LogP contribution in [0.3, 0.4) is 0 Å². The Hall–Kier alpha value is -0.950. The fraction of sp³-hybridized carbons (Fsp3) is 0.632. The van der Waals surface area contributed by atoms with E-state index in [1.54, 1.807) is 4.90 Å². The SMILES string of the molecule is CCCCOCCN(C(=O)COC[C@H]1CCCO1)c1cccc(Br)c1. The highest BCUT2D eigenvalue weighted by Gasteiger charge is 2.19. The molecule has 0 aliphatic carbocycles. The van der Waals surface area contributed by atoms with Gasteiger partial charge in [-0.3, -0.25) is 4.79 Å². The Kier molecular flexibility index (Phi) is 9.47. The molecule has 1 aliphatic rings. The molecule has 6 heteroatoms. The summed E-state index contributed by atoms with van der Waals surface area (Å²) in [6, 6.07) is 7.72. The van der Waals surface area contributed by atoms with Crippen molar-refractivity contribution in [2.75, 3.05) is 44.5 Å². The molecule has 5 nitrogen and oxygen atoms in total. The summed E-state index contributed by atoms with van der Waals surface area (Å²) in [7, 11) is 0. The summed E-state index contributed by atoms with van der Waals surface area (Å²) < 4.78 is 17.7. The summed E-state index contributed by atoms with van der Waals surface area (Å²) in [5.41, 5.74) is 0.846. The van der Waals surface area contributed by atoms with Gasteiger partial charge in [0.15, 0.2) is 0 Å². The lowest BCUT2D eigenvalue weighted by Crippen LogP contribution is -2.37. The average Bonchev–Trinajstić information content (AvgIpc) is 3.11. The van der Waals surface area contributed by atoms with E-state index in [4.69, 9.17) is 14.2 Å². The molecular formula is C19H28BrNO4. The first kappa shape index (κ1) is 20.4. The highest BCUT2D eigenvalue weighted by Crippen LogP contribution is 2.20. The second kappa shape index (κ2) is 11.6. The van der Waals surface area contributed by atoms with Gasteiger partial charge in [-0.1, -0.05) is 35.3 Å². The van der Waals surface area contributed by atoms with Crippen LogP contribution in [-0.2, 0) is 19.0 Å². The summed E-state index contributed by atoms with van der Waals surface area (Å²) in [6.07, 6.45) is 4.35. The Morgan fingerprint density at radius 2 is 2.24 bits per heavy atom. The van der Waals surface area contributed by atoms with Gasteiger partial charge >= 0.3 is 0 Å². The zero-order chi connectivity index (χ0) is 17.9. The van der Waals surface area contributed by atoms with Crippen LogP contribution in [0, 0.1) is 0 Å². The van der Waals surface area contributed by atoms with Gasteiger partial charge in [0.1, 0.15) is 6.61 Å². The van der Waals surface area contributed by atoms with Crippen LogP contribution in [-0.4, -0.2) is 51.6 Å². The van der Waals surface area contributed by atoms with E-state index in [-0.39, 0.29) is 18.6 Å². The molecule has 1 saturated heterocycles.